The summed E-state index contributed by atoms with van der Waals surface area (Å²) in [7, 11) is 3.36. The molecule has 35 heavy (non-hydrogen) atoms. The number of aromatic nitrogens is 2. The molecule has 9 heteroatoms. The van der Waals surface area contributed by atoms with Crippen molar-refractivity contribution in [2.75, 3.05) is 20.2 Å². The number of nitrogens with zero attached hydrogens (tertiary/aromatic N) is 2. The van der Waals surface area contributed by atoms with E-state index in [1.807, 2.05) is 43.3 Å². The molecule has 0 aliphatic heterocycles. The molecule has 0 saturated carbocycles. The predicted octanol–water partition coefficient (Wildman–Crippen LogP) is 3.07. The number of nitrogens with two attached hydrogens (primary N) is 1. The molecule has 9 nitrogen and oxygen atoms in total. The van der Waals surface area contributed by atoms with E-state index in [2.05, 4.69) is 15.6 Å². The molecule has 0 radical (unpaired) electrons. The van der Waals surface area contributed by atoms with E-state index in [0.29, 0.717) is 48.0 Å². The number of amidine groups is 1. The Balaban J connectivity index is 1.83. The highest BCUT2D eigenvalue weighted by Gasteiger charge is 2.18. The molecule has 2 heterocycles. The number of primary amides is 1. The zero-order valence-electron chi connectivity index (χ0n) is 20.1. The van der Waals surface area contributed by atoms with Gasteiger partial charge in [0.25, 0.3) is 11.8 Å². The van der Waals surface area contributed by atoms with E-state index < -0.39 is 5.91 Å². The fourth-order valence-electron chi connectivity index (χ4n) is 3.50. The molecule has 3 aromatic rings. The van der Waals surface area contributed by atoms with Gasteiger partial charge in [-0.05, 0) is 48.9 Å². The fourth-order valence-corrected chi connectivity index (χ4v) is 3.50. The molecule has 2 aromatic heterocycles. The van der Waals surface area contributed by atoms with Crippen LogP contribution >= 0.6 is 0 Å². The average molecular weight is 475 g/mol. The van der Waals surface area contributed by atoms with Gasteiger partial charge in [0.2, 0.25) is 0 Å². The number of pyridine rings is 1. The third kappa shape index (κ3) is 6.57. The summed E-state index contributed by atoms with van der Waals surface area (Å²) in [6.07, 6.45) is 5.89. The minimum Gasteiger partial charge on any atom is -0.497 e. The predicted molar refractivity (Wildman–Crippen MR) is 137 cm³/mol. The summed E-state index contributed by atoms with van der Waals surface area (Å²) in [6.45, 7) is 2.91. The summed E-state index contributed by atoms with van der Waals surface area (Å²) in [5.74, 6) is 0.262. The summed E-state index contributed by atoms with van der Waals surface area (Å²) in [5, 5.41) is 13.5. The number of rotatable bonds is 10. The Bertz CT molecular complexity index is 1240. The van der Waals surface area contributed by atoms with E-state index >= 15 is 0 Å². The van der Waals surface area contributed by atoms with Gasteiger partial charge in [-0.15, -0.1) is 0 Å². The summed E-state index contributed by atoms with van der Waals surface area (Å²) in [5.41, 5.74) is 8.88. The van der Waals surface area contributed by atoms with Gasteiger partial charge in [0.05, 0.1) is 29.9 Å². The van der Waals surface area contributed by atoms with Crippen LogP contribution in [0.15, 0.2) is 48.7 Å². The van der Waals surface area contributed by atoms with Gasteiger partial charge in [-0.25, -0.2) is 4.98 Å². The first kappa shape index (κ1) is 25.2. The lowest BCUT2D eigenvalue weighted by Gasteiger charge is -2.07. The molecular weight excluding hydrogens is 444 g/mol. The number of hydrogen-bond donors (Lipinski definition) is 4. The van der Waals surface area contributed by atoms with Crippen LogP contribution in [0.25, 0.3) is 23.4 Å². The van der Waals surface area contributed by atoms with Crippen molar-refractivity contribution in [1.82, 2.24) is 20.2 Å². The van der Waals surface area contributed by atoms with Crippen molar-refractivity contribution in [3.63, 3.8) is 0 Å². The normalized spacial score (nSPS) is 10.8. The standard InChI is InChI=1S/C26H30N6O3/c1-4-29-23(27)13-14-30-26(34)22-15-18(16-32(22)2)24-21(25(28)33)12-9-19(31-24)8-5-17-6-10-20(35-3)11-7-17/h5-12,15-16H,4,13-14H2,1-3H3,(H2,27,29)(H2,28,33)(H,30,34). The summed E-state index contributed by atoms with van der Waals surface area (Å²) in [6, 6.07) is 12.6. The second-order valence-electron chi connectivity index (χ2n) is 7.84. The van der Waals surface area contributed by atoms with Gasteiger partial charge in [0.15, 0.2) is 0 Å². The summed E-state index contributed by atoms with van der Waals surface area (Å²) < 4.78 is 6.85. The van der Waals surface area contributed by atoms with Crippen molar-refractivity contribution in [2.24, 2.45) is 12.8 Å². The second-order valence-corrected chi connectivity index (χ2v) is 7.84. The van der Waals surface area contributed by atoms with E-state index in [0.717, 1.165) is 11.3 Å². The highest BCUT2D eigenvalue weighted by atomic mass is 16.5. The van der Waals surface area contributed by atoms with Crippen LogP contribution in [0.1, 0.15) is 45.4 Å². The van der Waals surface area contributed by atoms with Crippen LogP contribution in [0, 0.1) is 5.41 Å². The zero-order chi connectivity index (χ0) is 25.4. The first-order valence-corrected chi connectivity index (χ1v) is 11.2. The van der Waals surface area contributed by atoms with Crippen LogP contribution in [-0.2, 0) is 7.05 Å². The van der Waals surface area contributed by atoms with Crippen molar-refractivity contribution < 1.29 is 14.3 Å². The van der Waals surface area contributed by atoms with E-state index in [1.165, 1.54) is 0 Å². The Kier molecular flexibility index (Phi) is 8.39. The number of benzene rings is 1. The van der Waals surface area contributed by atoms with Crippen LogP contribution < -0.4 is 21.1 Å². The monoisotopic (exact) mass is 474 g/mol. The van der Waals surface area contributed by atoms with Crippen molar-refractivity contribution in [1.29, 1.82) is 5.41 Å². The van der Waals surface area contributed by atoms with Crippen LogP contribution in [0.3, 0.4) is 0 Å². The molecule has 1 aromatic carbocycles. The molecule has 0 aliphatic rings. The Hall–Kier alpha value is -4.40. The first-order chi connectivity index (χ1) is 16.8. The molecule has 5 N–H and O–H groups in total. The Morgan fingerprint density at radius 1 is 1.14 bits per heavy atom. The van der Waals surface area contributed by atoms with Gasteiger partial charge in [-0.1, -0.05) is 18.2 Å². The number of amides is 2. The molecule has 0 bridgehead atoms. The molecule has 0 spiro atoms. The Morgan fingerprint density at radius 2 is 1.89 bits per heavy atom. The number of carbonyl (C=O) groups excluding carboxylic acids is 2. The lowest BCUT2D eigenvalue weighted by Crippen LogP contribution is -2.31. The summed E-state index contributed by atoms with van der Waals surface area (Å²) >= 11 is 0. The number of ether oxygens (including phenoxy) is 1. The van der Waals surface area contributed by atoms with E-state index in [1.54, 1.807) is 43.1 Å². The third-order valence-electron chi connectivity index (χ3n) is 5.31. The minimum atomic E-state index is -0.602. The topological polar surface area (TPSA) is 135 Å². The van der Waals surface area contributed by atoms with Gasteiger partial charge in [-0.3, -0.25) is 15.0 Å². The highest BCUT2D eigenvalue weighted by Crippen LogP contribution is 2.25. The number of nitrogens with one attached hydrogen (secondary N) is 3. The van der Waals surface area contributed by atoms with Gasteiger partial charge >= 0.3 is 0 Å². The molecular formula is C26H30N6O3. The summed E-state index contributed by atoms with van der Waals surface area (Å²) in [4.78, 5) is 29.4. The molecule has 0 atom stereocenters. The Labute approximate surface area is 204 Å². The molecule has 0 fully saturated rings. The van der Waals surface area contributed by atoms with E-state index in [-0.39, 0.29) is 11.5 Å². The maximum absolute atomic E-state index is 12.7. The number of methoxy groups -OCH3 is 1. The number of hydrogen-bond acceptors (Lipinski definition) is 5. The zero-order valence-corrected chi connectivity index (χ0v) is 20.1. The van der Waals surface area contributed by atoms with Gasteiger partial charge in [0, 0.05) is 38.3 Å². The molecule has 3 rings (SSSR count). The second kappa shape index (κ2) is 11.6. The molecule has 0 aliphatic carbocycles. The van der Waals surface area contributed by atoms with Crippen LogP contribution in [0.5, 0.6) is 5.75 Å². The minimum absolute atomic E-state index is 0.267. The largest absolute Gasteiger partial charge is 0.497 e. The smallest absolute Gasteiger partial charge is 0.267 e. The molecule has 2 amide bonds. The SMILES string of the molecule is CCNC(=N)CCNC(=O)c1cc(-c2nc(C=Cc3ccc(OC)cc3)ccc2C(N)=O)cn1C. The highest BCUT2D eigenvalue weighted by molar-refractivity contribution is 6.00. The van der Waals surface area contributed by atoms with Crippen molar-refractivity contribution >= 4 is 29.8 Å². The van der Waals surface area contributed by atoms with Crippen LogP contribution in [0.2, 0.25) is 0 Å². The third-order valence-corrected chi connectivity index (χ3v) is 5.31. The Morgan fingerprint density at radius 3 is 2.54 bits per heavy atom. The number of carbonyl (C=O) groups is 2. The molecule has 182 valence electrons. The van der Waals surface area contributed by atoms with Crippen LogP contribution in [-0.4, -0.2) is 47.4 Å². The lowest BCUT2D eigenvalue weighted by molar-refractivity contribution is 0.0945. The molecule has 0 saturated heterocycles. The van der Waals surface area contributed by atoms with Gasteiger partial charge in [0.1, 0.15) is 11.4 Å². The maximum atomic E-state index is 12.7. The fraction of sp³-hybridized carbons (Fsp3) is 0.231. The lowest BCUT2D eigenvalue weighted by atomic mass is 10.1. The van der Waals surface area contributed by atoms with Crippen molar-refractivity contribution in [2.45, 2.75) is 13.3 Å². The molecule has 0 unspecified atom stereocenters. The van der Waals surface area contributed by atoms with E-state index in [9.17, 15) is 9.59 Å². The van der Waals surface area contributed by atoms with Crippen molar-refractivity contribution in [3.8, 4) is 17.0 Å². The van der Waals surface area contributed by atoms with Crippen LogP contribution in [0.4, 0.5) is 0 Å². The maximum Gasteiger partial charge on any atom is 0.267 e. The van der Waals surface area contributed by atoms with Gasteiger partial charge in [-0.2, -0.15) is 0 Å². The quantitative estimate of drug-likeness (QED) is 0.265. The number of aryl methyl sites for hydroxylation is 1. The average Bonchev–Trinajstić information content (AvgIpc) is 3.24. The first-order valence-electron chi connectivity index (χ1n) is 11.2. The van der Waals surface area contributed by atoms with Crippen molar-refractivity contribution in [3.05, 3.63) is 71.2 Å². The van der Waals surface area contributed by atoms with Gasteiger partial charge < -0.3 is 25.7 Å². The van der Waals surface area contributed by atoms with E-state index in [4.69, 9.17) is 15.9 Å².